The van der Waals surface area contributed by atoms with E-state index in [9.17, 15) is 15.0 Å². The van der Waals surface area contributed by atoms with Crippen LogP contribution in [0.2, 0.25) is 0 Å². The number of hydrogen-bond donors (Lipinski definition) is 2. The van der Waals surface area contributed by atoms with Crippen LogP contribution in [0.5, 0.6) is 5.75 Å². The van der Waals surface area contributed by atoms with Gasteiger partial charge < -0.3 is 14.9 Å². The molecule has 4 rings (SSSR count). The number of unbranched alkanes of at least 4 members (excludes halogenated alkanes) is 2. The molecular weight excluding hydrogens is 400 g/mol. The zero-order valence-corrected chi connectivity index (χ0v) is 19.1. The smallest absolute Gasteiger partial charge is 0.343 e. The average molecular weight is 437 g/mol. The van der Waals surface area contributed by atoms with Crippen LogP contribution in [0, 0.1) is 17.8 Å². The molecule has 0 radical (unpaired) electrons. The first kappa shape index (κ1) is 23.0. The molecule has 4 nitrogen and oxygen atoms in total. The van der Waals surface area contributed by atoms with Gasteiger partial charge in [0.05, 0.1) is 17.8 Å². The van der Waals surface area contributed by atoms with Crippen molar-refractivity contribution in [2.75, 3.05) is 0 Å². The maximum Gasteiger partial charge on any atom is 0.343 e. The molecule has 1 saturated carbocycles. The molecule has 0 amide bonds. The molecule has 172 valence electrons. The van der Waals surface area contributed by atoms with Crippen molar-refractivity contribution in [2.24, 2.45) is 17.8 Å². The minimum atomic E-state index is -0.331. The summed E-state index contributed by atoms with van der Waals surface area (Å²) in [6.45, 7) is 2.18. The van der Waals surface area contributed by atoms with Gasteiger partial charge in [0.2, 0.25) is 0 Å². The van der Waals surface area contributed by atoms with E-state index in [0.29, 0.717) is 23.1 Å². The van der Waals surface area contributed by atoms with Crippen LogP contribution in [-0.2, 0) is 12.8 Å². The molecule has 0 aliphatic heterocycles. The number of benzene rings is 2. The van der Waals surface area contributed by atoms with Crippen LogP contribution < -0.4 is 4.74 Å². The van der Waals surface area contributed by atoms with Crippen molar-refractivity contribution < 1.29 is 19.7 Å². The third-order valence-corrected chi connectivity index (χ3v) is 7.53. The van der Waals surface area contributed by atoms with E-state index >= 15 is 0 Å². The van der Waals surface area contributed by atoms with E-state index in [-0.39, 0.29) is 24.1 Å². The molecule has 1 fully saturated rings. The van der Waals surface area contributed by atoms with Crippen LogP contribution in [0.25, 0.3) is 0 Å². The first-order valence-corrected chi connectivity index (χ1v) is 12.3. The van der Waals surface area contributed by atoms with Crippen molar-refractivity contribution in [2.45, 2.75) is 76.9 Å². The van der Waals surface area contributed by atoms with Gasteiger partial charge >= 0.3 is 5.97 Å². The zero-order chi connectivity index (χ0) is 22.5. The Hall–Kier alpha value is -2.17. The normalized spacial score (nSPS) is 25.1. The third kappa shape index (κ3) is 5.24. The molecule has 2 aliphatic rings. The van der Waals surface area contributed by atoms with Crippen LogP contribution in [0.1, 0.15) is 73.4 Å². The van der Waals surface area contributed by atoms with E-state index in [4.69, 9.17) is 4.74 Å². The molecule has 32 heavy (non-hydrogen) atoms. The van der Waals surface area contributed by atoms with Gasteiger partial charge in [-0.1, -0.05) is 56.5 Å². The fourth-order valence-electron chi connectivity index (χ4n) is 5.79. The largest absolute Gasteiger partial charge is 0.423 e. The van der Waals surface area contributed by atoms with Crippen molar-refractivity contribution in [3.05, 3.63) is 65.2 Å². The Morgan fingerprint density at radius 1 is 1.06 bits per heavy atom. The number of rotatable bonds is 9. The highest BCUT2D eigenvalue weighted by molar-refractivity contribution is 5.91. The molecule has 2 aromatic carbocycles. The summed E-state index contributed by atoms with van der Waals surface area (Å²) < 4.78 is 5.79. The minimum absolute atomic E-state index is 0.240. The molecule has 2 aromatic rings. The molecule has 0 saturated heterocycles. The van der Waals surface area contributed by atoms with Crippen molar-refractivity contribution >= 4 is 5.97 Å². The summed E-state index contributed by atoms with van der Waals surface area (Å²) in [5, 5.41) is 21.2. The summed E-state index contributed by atoms with van der Waals surface area (Å²) in [4.78, 5) is 12.6. The van der Waals surface area contributed by atoms with E-state index in [0.717, 1.165) is 50.5 Å². The standard InChI is InChI=1S/C28H36O4/c1-2-3-5-12-22(29)14-15-23-24-16-20-11-8-13-27(25(20)17-21(24)18-26(23)30)32-28(31)19-9-6-4-7-10-19/h4,6-11,13,21-24,26,29-30H,2-3,5,12,14-18H2,1H3. The predicted octanol–water partition coefficient (Wildman–Crippen LogP) is 5.34. The quantitative estimate of drug-likeness (QED) is 0.316. The van der Waals surface area contributed by atoms with Gasteiger partial charge in [0.25, 0.3) is 0 Å². The number of esters is 1. The van der Waals surface area contributed by atoms with Gasteiger partial charge in [-0.2, -0.15) is 0 Å². The Morgan fingerprint density at radius 2 is 1.88 bits per heavy atom. The molecule has 5 atom stereocenters. The summed E-state index contributed by atoms with van der Waals surface area (Å²) in [6, 6.07) is 15.1. The second-order valence-electron chi connectivity index (χ2n) is 9.68. The van der Waals surface area contributed by atoms with E-state index in [1.54, 1.807) is 12.1 Å². The molecule has 0 bridgehead atoms. The lowest BCUT2D eigenvalue weighted by Crippen LogP contribution is -2.28. The highest BCUT2D eigenvalue weighted by Gasteiger charge is 2.45. The van der Waals surface area contributed by atoms with Crippen LogP contribution in [0.15, 0.2) is 48.5 Å². The maximum absolute atomic E-state index is 12.6. The molecule has 2 N–H and O–H groups in total. The van der Waals surface area contributed by atoms with Crippen LogP contribution in [0.4, 0.5) is 0 Å². The number of carbonyl (C=O) groups excluding carboxylic acids is 1. The lowest BCUT2D eigenvalue weighted by Gasteiger charge is -2.32. The van der Waals surface area contributed by atoms with E-state index in [2.05, 4.69) is 13.0 Å². The molecule has 0 aromatic heterocycles. The highest BCUT2D eigenvalue weighted by atomic mass is 16.5. The molecule has 0 heterocycles. The number of aliphatic hydroxyl groups excluding tert-OH is 2. The monoisotopic (exact) mass is 436 g/mol. The summed E-state index contributed by atoms with van der Waals surface area (Å²) in [6.07, 6.45) is 7.91. The van der Waals surface area contributed by atoms with Gasteiger partial charge in [0.15, 0.2) is 0 Å². The van der Waals surface area contributed by atoms with Gasteiger partial charge in [-0.15, -0.1) is 0 Å². The fraction of sp³-hybridized carbons (Fsp3) is 0.536. The number of carbonyl (C=O) groups is 1. The Balaban J connectivity index is 1.42. The number of hydrogen-bond acceptors (Lipinski definition) is 4. The SMILES string of the molecule is CCCCCC(O)CCC1C(O)CC2Cc3c(cccc3OC(=O)c3ccccc3)CC21. The van der Waals surface area contributed by atoms with Crippen molar-refractivity contribution in [3.63, 3.8) is 0 Å². The first-order chi connectivity index (χ1) is 15.6. The Labute approximate surface area is 191 Å². The van der Waals surface area contributed by atoms with Gasteiger partial charge in [-0.25, -0.2) is 4.79 Å². The van der Waals surface area contributed by atoms with Crippen molar-refractivity contribution in [1.29, 1.82) is 0 Å². The Bertz CT molecular complexity index is 894. The third-order valence-electron chi connectivity index (χ3n) is 7.53. The maximum atomic E-state index is 12.6. The zero-order valence-electron chi connectivity index (χ0n) is 19.1. The van der Waals surface area contributed by atoms with Gasteiger partial charge in [-0.3, -0.25) is 0 Å². The number of aliphatic hydroxyl groups is 2. The number of ether oxygens (including phenoxy) is 1. The van der Waals surface area contributed by atoms with E-state index < -0.39 is 0 Å². The topological polar surface area (TPSA) is 66.8 Å². The van der Waals surface area contributed by atoms with Crippen LogP contribution in [-0.4, -0.2) is 28.4 Å². The van der Waals surface area contributed by atoms with Crippen molar-refractivity contribution in [3.8, 4) is 5.75 Å². The van der Waals surface area contributed by atoms with E-state index in [1.165, 1.54) is 18.4 Å². The molecule has 4 heteroatoms. The summed E-state index contributed by atoms with van der Waals surface area (Å²) in [5.74, 6) is 1.39. The lowest BCUT2D eigenvalue weighted by atomic mass is 9.73. The average Bonchev–Trinajstić information content (AvgIpc) is 3.11. The Morgan fingerprint density at radius 3 is 2.66 bits per heavy atom. The highest BCUT2D eigenvalue weighted by Crippen LogP contribution is 2.48. The summed E-state index contributed by atoms with van der Waals surface area (Å²) >= 11 is 0. The summed E-state index contributed by atoms with van der Waals surface area (Å²) in [5.41, 5.74) is 2.89. The van der Waals surface area contributed by atoms with E-state index in [1.807, 2.05) is 30.3 Å². The van der Waals surface area contributed by atoms with Gasteiger partial charge in [0.1, 0.15) is 5.75 Å². The fourth-order valence-corrected chi connectivity index (χ4v) is 5.79. The molecule has 5 unspecified atom stereocenters. The van der Waals surface area contributed by atoms with Gasteiger partial charge in [0, 0.05) is 0 Å². The first-order valence-electron chi connectivity index (χ1n) is 12.3. The van der Waals surface area contributed by atoms with Crippen LogP contribution >= 0.6 is 0 Å². The second kappa shape index (κ2) is 10.6. The minimum Gasteiger partial charge on any atom is -0.423 e. The summed E-state index contributed by atoms with van der Waals surface area (Å²) in [7, 11) is 0. The molecule has 2 aliphatic carbocycles. The molecule has 0 spiro atoms. The predicted molar refractivity (Wildman–Crippen MR) is 126 cm³/mol. The second-order valence-corrected chi connectivity index (χ2v) is 9.68. The number of fused-ring (bicyclic) bond motifs is 2. The van der Waals surface area contributed by atoms with Gasteiger partial charge in [-0.05, 0) is 85.6 Å². The molecular formula is C28H36O4. The van der Waals surface area contributed by atoms with Crippen molar-refractivity contribution in [1.82, 2.24) is 0 Å². The lowest BCUT2D eigenvalue weighted by molar-refractivity contribution is 0.0731. The van der Waals surface area contributed by atoms with Crippen LogP contribution in [0.3, 0.4) is 0 Å². The Kier molecular flexibility index (Phi) is 7.64.